The summed E-state index contributed by atoms with van der Waals surface area (Å²) in [6.07, 6.45) is 6.71. The average molecular weight is 386 g/mol. The predicted molar refractivity (Wildman–Crippen MR) is 112 cm³/mol. The highest BCUT2D eigenvalue weighted by Gasteiger charge is 2.33. The van der Waals surface area contributed by atoms with Gasteiger partial charge in [-0.15, -0.1) is 0 Å². The number of hydrogen-bond acceptors (Lipinski definition) is 3. The van der Waals surface area contributed by atoms with Gasteiger partial charge in [-0.2, -0.15) is 0 Å². The van der Waals surface area contributed by atoms with E-state index in [1.807, 2.05) is 6.92 Å². The zero-order valence-electron chi connectivity index (χ0n) is 17.2. The highest BCUT2D eigenvalue weighted by Crippen LogP contribution is 2.21. The van der Waals surface area contributed by atoms with E-state index >= 15 is 0 Å². The Morgan fingerprint density at radius 2 is 1.89 bits per heavy atom. The highest BCUT2D eigenvalue weighted by atomic mass is 16.2. The largest absolute Gasteiger partial charge is 0.354 e. The van der Waals surface area contributed by atoms with Crippen molar-refractivity contribution >= 4 is 11.8 Å². The molecule has 1 aromatic rings. The number of nitrogens with zero attached hydrogens (tertiary/aromatic N) is 2. The molecule has 2 atom stereocenters. The molecule has 0 radical (unpaired) electrons. The maximum atomic E-state index is 12.7. The standard InChI is InChI=1S/C23H35N3O2/c1-2-9-22(27)26-15-8-13-21(26)23(28)24-16-20-12-6-7-14-25(18-20)17-19-10-4-3-5-11-19/h3-5,10-11,20-21H,2,6-9,12-18H2,1H3,(H,24,28)/t20-,21-/m1/s1. The Kier molecular flexibility index (Phi) is 7.90. The quantitative estimate of drug-likeness (QED) is 0.784. The third-order valence-electron chi connectivity index (χ3n) is 6.01. The Hall–Kier alpha value is -1.88. The summed E-state index contributed by atoms with van der Waals surface area (Å²) in [6, 6.07) is 10.4. The van der Waals surface area contributed by atoms with Crippen LogP contribution >= 0.6 is 0 Å². The normalized spacial score (nSPS) is 23.4. The monoisotopic (exact) mass is 385 g/mol. The topological polar surface area (TPSA) is 52.7 Å². The van der Waals surface area contributed by atoms with Crippen molar-refractivity contribution in [3.05, 3.63) is 35.9 Å². The summed E-state index contributed by atoms with van der Waals surface area (Å²) in [4.78, 5) is 29.3. The van der Waals surface area contributed by atoms with Gasteiger partial charge in [0, 0.05) is 32.6 Å². The van der Waals surface area contributed by atoms with Gasteiger partial charge >= 0.3 is 0 Å². The van der Waals surface area contributed by atoms with E-state index in [1.54, 1.807) is 4.90 Å². The van der Waals surface area contributed by atoms with Gasteiger partial charge in [-0.3, -0.25) is 14.5 Å². The fraction of sp³-hybridized carbons (Fsp3) is 0.652. The summed E-state index contributed by atoms with van der Waals surface area (Å²) < 4.78 is 0. The number of carbonyl (C=O) groups excluding carboxylic acids is 2. The first-order chi connectivity index (χ1) is 13.7. The van der Waals surface area contributed by atoms with E-state index in [2.05, 4.69) is 40.5 Å². The number of rotatable bonds is 7. The number of amides is 2. The maximum Gasteiger partial charge on any atom is 0.242 e. The van der Waals surface area contributed by atoms with Crippen LogP contribution in [-0.2, 0) is 16.1 Å². The molecule has 28 heavy (non-hydrogen) atoms. The van der Waals surface area contributed by atoms with Crippen molar-refractivity contribution in [2.75, 3.05) is 26.2 Å². The van der Waals surface area contributed by atoms with Crippen LogP contribution in [-0.4, -0.2) is 53.8 Å². The second kappa shape index (κ2) is 10.6. The third kappa shape index (κ3) is 5.81. The second-order valence-corrected chi connectivity index (χ2v) is 8.32. The van der Waals surface area contributed by atoms with Crippen molar-refractivity contribution in [2.45, 2.75) is 64.5 Å². The molecule has 5 heteroatoms. The summed E-state index contributed by atoms with van der Waals surface area (Å²) in [5, 5.41) is 3.17. The van der Waals surface area contributed by atoms with E-state index in [9.17, 15) is 9.59 Å². The summed E-state index contributed by atoms with van der Waals surface area (Å²) in [5.41, 5.74) is 1.35. The van der Waals surface area contributed by atoms with Crippen LogP contribution in [0.5, 0.6) is 0 Å². The first kappa shape index (κ1) is 20.8. The van der Waals surface area contributed by atoms with Crippen LogP contribution in [0.1, 0.15) is 57.4 Å². The summed E-state index contributed by atoms with van der Waals surface area (Å²) >= 11 is 0. The van der Waals surface area contributed by atoms with Crippen LogP contribution in [0.15, 0.2) is 30.3 Å². The molecule has 154 valence electrons. The minimum absolute atomic E-state index is 0.0424. The van der Waals surface area contributed by atoms with E-state index in [4.69, 9.17) is 0 Å². The van der Waals surface area contributed by atoms with Gasteiger partial charge < -0.3 is 10.2 Å². The third-order valence-corrected chi connectivity index (χ3v) is 6.01. The molecule has 2 saturated heterocycles. The van der Waals surface area contributed by atoms with Crippen molar-refractivity contribution in [2.24, 2.45) is 5.92 Å². The Labute approximate surface area is 169 Å². The van der Waals surface area contributed by atoms with E-state index in [1.165, 1.54) is 18.4 Å². The highest BCUT2D eigenvalue weighted by molar-refractivity contribution is 5.88. The van der Waals surface area contributed by atoms with Gasteiger partial charge in [0.25, 0.3) is 0 Å². The van der Waals surface area contributed by atoms with Crippen LogP contribution in [0.3, 0.4) is 0 Å². The molecule has 2 aliphatic rings. The van der Waals surface area contributed by atoms with Crippen LogP contribution in [0.25, 0.3) is 0 Å². The van der Waals surface area contributed by atoms with E-state index in [0.717, 1.165) is 58.4 Å². The molecule has 0 spiro atoms. The molecular weight excluding hydrogens is 350 g/mol. The fourth-order valence-corrected chi connectivity index (χ4v) is 4.53. The molecule has 2 amide bonds. The van der Waals surface area contributed by atoms with Crippen LogP contribution < -0.4 is 5.32 Å². The molecule has 2 aliphatic heterocycles. The molecule has 0 bridgehead atoms. The lowest BCUT2D eigenvalue weighted by molar-refractivity contribution is -0.138. The fourth-order valence-electron chi connectivity index (χ4n) is 4.53. The van der Waals surface area contributed by atoms with E-state index in [-0.39, 0.29) is 17.9 Å². The number of nitrogens with one attached hydrogen (secondary N) is 1. The summed E-state index contributed by atoms with van der Waals surface area (Å²) in [7, 11) is 0. The zero-order chi connectivity index (χ0) is 19.8. The molecule has 0 saturated carbocycles. The number of carbonyl (C=O) groups is 2. The van der Waals surface area contributed by atoms with Gasteiger partial charge in [-0.1, -0.05) is 43.7 Å². The first-order valence-corrected chi connectivity index (χ1v) is 11.0. The molecule has 1 N–H and O–H groups in total. The lowest BCUT2D eigenvalue weighted by Crippen LogP contribution is -2.47. The van der Waals surface area contributed by atoms with Gasteiger partial charge in [0.1, 0.15) is 6.04 Å². The van der Waals surface area contributed by atoms with Gasteiger partial charge in [0.15, 0.2) is 0 Å². The molecule has 1 aromatic carbocycles. The molecule has 5 nitrogen and oxygen atoms in total. The van der Waals surface area contributed by atoms with Gasteiger partial charge in [0.2, 0.25) is 11.8 Å². The van der Waals surface area contributed by atoms with Gasteiger partial charge in [0.05, 0.1) is 0 Å². The smallest absolute Gasteiger partial charge is 0.242 e. The SMILES string of the molecule is CCCC(=O)N1CCC[C@@H]1C(=O)NC[C@H]1CCCCN(Cc2ccccc2)C1. The minimum Gasteiger partial charge on any atom is -0.354 e. The molecular formula is C23H35N3O2. The Morgan fingerprint density at radius 3 is 2.68 bits per heavy atom. The van der Waals surface area contributed by atoms with Crippen molar-refractivity contribution in [3.63, 3.8) is 0 Å². The molecule has 0 aromatic heterocycles. The predicted octanol–water partition coefficient (Wildman–Crippen LogP) is 3.20. The van der Waals surface area contributed by atoms with Gasteiger partial charge in [-0.25, -0.2) is 0 Å². The molecule has 2 fully saturated rings. The zero-order valence-corrected chi connectivity index (χ0v) is 17.2. The van der Waals surface area contributed by atoms with Crippen LogP contribution in [0.2, 0.25) is 0 Å². The van der Waals surface area contributed by atoms with Crippen molar-refractivity contribution in [1.29, 1.82) is 0 Å². The van der Waals surface area contributed by atoms with Crippen molar-refractivity contribution in [1.82, 2.24) is 15.1 Å². The summed E-state index contributed by atoms with van der Waals surface area (Å²) in [6.45, 7) is 6.59. The van der Waals surface area contributed by atoms with Crippen LogP contribution in [0, 0.1) is 5.92 Å². The van der Waals surface area contributed by atoms with Gasteiger partial charge in [-0.05, 0) is 50.1 Å². The lowest BCUT2D eigenvalue weighted by Gasteiger charge is -2.27. The first-order valence-electron chi connectivity index (χ1n) is 11.0. The van der Waals surface area contributed by atoms with Crippen molar-refractivity contribution in [3.8, 4) is 0 Å². The number of benzene rings is 1. The Balaban J connectivity index is 1.49. The Bertz CT molecular complexity index is 634. The summed E-state index contributed by atoms with van der Waals surface area (Å²) in [5.74, 6) is 0.654. The second-order valence-electron chi connectivity index (χ2n) is 8.32. The average Bonchev–Trinajstić information content (AvgIpc) is 3.09. The van der Waals surface area contributed by atoms with Crippen molar-refractivity contribution < 1.29 is 9.59 Å². The molecule has 0 unspecified atom stereocenters. The lowest BCUT2D eigenvalue weighted by atomic mass is 10.0. The minimum atomic E-state index is -0.259. The Morgan fingerprint density at radius 1 is 1.07 bits per heavy atom. The maximum absolute atomic E-state index is 12.7. The molecule has 2 heterocycles. The number of likely N-dealkylation sites (tertiary alicyclic amines) is 2. The molecule has 3 rings (SSSR count). The number of hydrogen-bond donors (Lipinski definition) is 1. The molecule has 0 aliphatic carbocycles. The van der Waals surface area contributed by atoms with E-state index in [0.29, 0.717) is 12.3 Å². The van der Waals surface area contributed by atoms with Crippen LogP contribution in [0.4, 0.5) is 0 Å². The van der Waals surface area contributed by atoms with E-state index < -0.39 is 0 Å².